The van der Waals surface area contributed by atoms with Gasteiger partial charge in [0.05, 0.1) is 24.7 Å². The smallest absolute Gasteiger partial charge is 0.292 e. The molecule has 1 saturated carbocycles. The highest BCUT2D eigenvalue weighted by Crippen LogP contribution is 2.28. The van der Waals surface area contributed by atoms with Gasteiger partial charge in [0.25, 0.3) is 5.69 Å². The van der Waals surface area contributed by atoms with Crippen LogP contribution >= 0.6 is 0 Å². The first-order chi connectivity index (χ1) is 10.2. The number of rotatable bonds is 7. The number of nitrogens with one attached hydrogen (secondary N) is 1. The zero-order chi connectivity index (χ0) is 15.1. The highest BCUT2D eigenvalue weighted by atomic mass is 16.6. The van der Waals surface area contributed by atoms with Crippen molar-refractivity contribution in [1.29, 1.82) is 0 Å². The molecule has 0 amide bonds. The Morgan fingerprint density at radius 2 is 2.10 bits per heavy atom. The van der Waals surface area contributed by atoms with Crippen molar-refractivity contribution in [2.45, 2.75) is 38.2 Å². The van der Waals surface area contributed by atoms with E-state index < -0.39 is 4.92 Å². The van der Waals surface area contributed by atoms with Crippen LogP contribution in [-0.4, -0.2) is 31.3 Å². The van der Waals surface area contributed by atoms with Gasteiger partial charge >= 0.3 is 0 Å². The molecule has 0 aliphatic heterocycles. The predicted molar refractivity (Wildman–Crippen MR) is 81.0 cm³/mol. The summed E-state index contributed by atoms with van der Waals surface area (Å²) in [6.45, 7) is 1.10. The summed E-state index contributed by atoms with van der Waals surface area (Å²) in [7, 11) is 1.54. The fraction of sp³-hybridized carbons (Fsp3) is 0.600. The van der Waals surface area contributed by atoms with E-state index in [2.05, 4.69) is 5.32 Å². The van der Waals surface area contributed by atoms with Crippen molar-refractivity contribution in [2.75, 3.05) is 25.6 Å². The molecular weight excluding hydrogens is 272 g/mol. The van der Waals surface area contributed by atoms with E-state index in [9.17, 15) is 10.1 Å². The van der Waals surface area contributed by atoms with Gasteiger partial charge in [-0.3, -0.25) is 10.1 Å². The van der Waals surface area contributed by atoms with Crippen molar-refractivity contribution in [3.8, 4) is 5.75 Å². The molecular formula is C15H22N2O4. The Labute approximate surface area is 124 Å². The van der Waals surface area contributed by atoms with E-state index in [0.717, 1.165) is 12.8 Å². The van der Waals surface area contributed by atoms with Crippen LogP contribution in [0.1, 0.15) is 32.1 Å². The monoisotopic (exact) mass is 294 g/mol. The van der Waals surface area contributed by atoms with Crippen LogP contribution in [-0.2, 0) is 4.74 Å². The zero-order valence-electron chi connectivity index (χ0n) is 12.3. The van der Waals surface area contributed by atoms with Gasteiger partial charge in [0.15, 0.2) is 0 Å². The van der Waals surface area contributed by atoms with Crippen molar-refractivity contribution in [2.24, 2.45) is 0 Å². The van der Waals surface area contributed by atoms with Gasteiger partial charge in [0, 0.05) is 18.7 Å². The third-order valence-electron chi connectivity index (χ3n) is 3.72. The maximum atomic E-state index is 11.0. The van der Waals surface area contributed by atoms with Gasteiger partial charge in [-0.2, -0.15) is 0 Å². The zero-order valence-corrected chi connectivity index (χ0v) is 12.3. The number of ether oxygens (including phenoxy) is 2. The highest BCUT2D eigenvalue weighted by molar-refractivity contribution is 5.64. The third kappa shape index (κ3) is 4.60. The van der Waals surface area contributed by atoms with Crippen molar-refractivity contribution < 1.29 is 14.4 Å². The highest BCUT2D eigenvalue weighted by Gasteiger charge is 2.15. The van der Waals surface area contributed by atoms with Crippen LogP contribution in [0, 0.1) is 10.1 Å². The van der Waals surface area contributed by atoms with Gasteiger partial charge in [-0.15, -0.1) is 0 Å². The first kappa shape index (κ1) is 15.6. The quantitative estimate of drug-likeness (QED) is 0.474. The van der Waals surface area contributed by atoms with Crippen molar-refractivity contribution in [3.63, 3.8) is 0 Å². The lowest BCUT2D eigenvalue weighted by molar-refractivity contribution is -0.384. The van der Waals surface area contributed by atoms with E-state index >= 15 is 0 Å². The minimum atomic E-state index is -0.399. The van der Waals surface area contributed by atoms with Crippen molar-refractivity contribution in [3.05, 3.63) is 28.3 Å². The number of nitro groups is 1. The summed E-state index contributed by atoms with van der Waals surface area (Å²) >= 11 is 0. The Morgan fingerprint density at radius 1 is 1.33 bits per heavy atom. The molecule has 0 spiro atoms. The van der Waals surface area contributed by atoms with E-state index in [1.54, 1.807) is 12.1 Å². The second-order valence-corrected chi connectivity index (χ2v) is 5.20. The molecule has 1 aliphatic rings. The molecule has 0 bridgehead atoms. The van der Waals surface area contributed by atoms with Crippen LogP contribution < -0.4 is 10.1 Å². The Kier molecular flexibility index (Phi) is 5.80. The summed E-state index contributed by atoms with van der Waals surface area (Å²) < 4.78 is 10.9. The van der Waals surface area contributed by atoms with E-state index in [4.69, 9.17) is 9.47 Å². The molecule has 0 heterocycles. The van der Waals surface area contributed by atoms with Crippen LogP contribution in [0.4, 0.5) is 11.4 Å². The average molecular weight is 294 g/mol. The predicted octanol–water partition coefficient (Wildman–Crippen LogP) is 3.36. The van der Waals surface area contributed by atoms with Crippen LogP contribution in [0.3, 0.4) is 0 Å². The summed E-state index contributed by atoms with van der Waals surface area (Å²) in [6, 6.07) is 4.67. The molecule has 0 atom stereocenters. The lowest BCUT2D eigenvalue weighted by Crippen LogP contribution is -2.20. The van der Waals surface area contributed by atoms with Crippen molar-refractivity contribution in [1.82, 2.24) is 0 Å². The molecule has 116 valence electrons. The van der Waals surface area contributed by atoms with Crippen LogP contribution in [0.5, 0.6) is 5.75 Å². The van der Waals surface area contributed by atoms with Gasteiger partial charge in [-0.25, -0.2) is 0 Å². The van der Waals surface area contributed by atoms with E-state index in [-0.39, 0.29) is 5.69 Å². The maximum Gasteiger partial charge on any atom is 0.292 e. The molecule has 6 heteroatoms. The second kappa shape index (κ2) is 7.83. The number of methoxy groups -OCH3 is 1. The Hall–Kier alpha value is -1.82. The molecule has 0 saturated heterocycles. The topological polar surface area (TPSA) is 73.6 Å². The summed E-state index contributed by atoms with van der Waals surface area (Å²) in [5.41, 5.74) is 0.514. The van der Waals surface area contributed by atoms with Gasteiger partial charge in [-0.1, -0.05) is 19.3 Å². The summed E-state index contributed by atoms with van der Waals surface area (Å²) in [6.07, 6.45) is 6.37. The standard InChI is InChI=1S/C15H22N2O4/c1-20-13-7-8-15(17(18)19)14(11-13)16-9-10-21-12-5-3-2-4-6-12/h7-8,11-12,16H,2-6,9-10H2,1H3. The maximum absolute atomic E-state index is 11.0. The third-order valence-corrected chi connectivity index (χ3v) is 3.72. The molecule has 1 fully saturated rings. The Bertz CT molecular complexity index is 473. The molecule has 1 N–H and O–H groups in total. The summed E-state index contributed by atoms with van der Waals surface area (Å²) in [4.78, 5) is 10.6. The van der Waals surface area contributed by atoms with E-state index in [1.165, 1.54) is 32.4 Å². The number of hydrogen-bond acceptors (Lipinski definition) is 5. The Balaban J connectivity index is 1.84. The van der Waals surface area contributed by atoms with Crippen LogP contribution in [0.2, 0.25) is 0 Å². The molecule has 21 heavy (non-hydrogen) atoms. The fourth-order valence-corrected chi connectivity index (χ4v) is 2.59. The molecule has 0 unspecified atom stereocenters. The fourth-order valence-electron chi connectivity index (χ4n) is 2.59. The number of nitrogens with zero attached hydrogens (tertiary/aromatic N) is 1. The normalized spacial score (nSPS) is 15.7. The largest absolute Gasteiger partial charge is 0.497 e. The number of nitro benzene ring substituents is 1. The molecule has 0 aromatic heterocycles. The van der Waals surface area contributed by atoms with Gasteiger partial charge in [0.1, 0.15) is 11.4 Å². The van der Waals surface area contributed by atoms with Gasteiger partial charge < -0.3 is 14.8 Å². The Morgan fingerprint density at radius 3 is 2.76 bits per heavy atom. The lowest BCUT2D eigenvalue weighted by atomic mass is 9.98. The SMILES string of the molecule is COc1ccc([N+](=O)[O-])c(NCCOC2CCCCC2)c1. The van der Waals surface area contributed by atoms with E-state index in [0.29, 0.717) is 30.7 Å². The summed E-state index contributed by atoms with van der Waals surface area (Å²) in [5, 5.41) is 14.1. The minimum absolute atomic E-state index is 0.0495. The minimum Gasteiger partial charge on any atom is -0.497 e. The molecule has 2 rings (SSSR count). The summed E-state index contributed by atoms with van der Waals surface area (Å²) in [5.74, 6) is 0.594. The van der Waals surface area contributed by atoms with Crippen LogP contribution in [0.15, 0.2) is 18.2 Å². The van der Waals surface area contributed by atoms with Crippen molar-refractivity contribution >= 4 is 11.4 Å². The van der Waals surface area contributed by atoms with Gasteiger partial charge in [-0.05, 0) is 18.9 Å². The number of anilines is 1. The number of benzene rings is 1. The molecule has 0 radical (unpaired) electrons. The molecule has 1 aromatic carbocycles. The molecule has 1 aromatic rings. The number of hydrogen-bond donors (Lipinski definition) is 1. The molecule has 6 nitrogen and oxygen atoms in total. The van der Waals surface area contributed by atoms with Gasteiger partial charge in [0.2, 0.25) is 0 Å². The average Bonchev–Trinajstić information content (AvgIpc) is 2.52. The second-order valence-electron chi connectivity index (χ2n) is 5.20. The van der Waals surface area contributed by atoms with E-state index in [1.807, 2.05) is 0 Å². The molecule has 1 aliphatic carbocycles. The first-order valence-corrected chi connectivity index (χ1v) is 7.38. The first-order valence-electron chi connectivity index (χ1n) is 7.38. The van der Waals surface area contributed by atoms with Crippen LogP contribution in [0.25, 0.3) is 0 Å². The lowest BCUT2D eigenvalue weighted by Gasteiger charge is -2.22.